The van der Waals surface area contributed by atoms with Gasteiger partial charge >= 0.3 is 0 Å². The number of rotatable bonds is 5. The fourth-order valence-corrected chi connectivity index (χ4v) is 4.29. The fourth-order valence-electron chi connectivity index (χ4n) is 1.96. The van der Waals surface area contributed by atoms with Crippen LogP contribution >= 0.6 is 15.9 Å². The van der Waals surface area contributed by atoms with Gasteiger partial charge in [-0.1, -0.05) is 19.4 Å². The van der Waals surface area contributed by atoms with Gasteiger partial charge in [-0.05, 0) is 46.0 Å². The molecule has 100 valence electrons. The van der Waals surface area contributed by atoms with Crippen molar-refractivity contribution in [3.05, 3.63) is 28.2 Å². The normalized spacial score (nSPS) is 23.1. The van der Waals surface area contributed by atoms with Crippen molar-refractivity contribution in [2.45, 2.75) is 37.3 Å². The van der Waals surface area contributed by atoms with Gasteiger partial charge < -0.3 is 5.11 Å². The van der Waals surface area contributed by atoms with E-state index in [2.05, 4.69) is 27.6 Å². The maximum Gasteiger partial charge on any atom is 0.241 e. The summed E-state index contributed by atoms with van der Waals surface area (Å²) in [4.78, 5) is 0.191. The molecule has 1 aliphatic rings. The molecule has 2 N–H and O–H groups in total. The third-order valence-corrected chi connectivity index (χ3v) is 5.70. The summed E-state index contributed by atoms with van der Waals surface area (Å²) in [6.07, 6.45) is 1.90. The Balaban J connectivity index is 2.24. The molecule has 1 aromatic carbocycles. The molecule has 0 saturated heterocycles. The van der Waals surface area contributed by atoms with Crippen molar-refractivity contribution in [2.24, 2.45) is 5.92 Å². The molecule has 0 bridgehead atoms. The van der Waals surface area contributed by atoms with Crippen LogP contribution in [0.25, 0.3) is 0 Å². The average Bonchev–Trinajstić information content (AvgIpc) is 3.07. The number of benzene rings is 1. The topological polar surface area (TPSA) is 66.4 Å². The highest BCUT2D eigenvalue weighted by molar-refractivity contribution is 9.10. The highest BCUT2D eigenvalue weighted by Crippen LogP contribution is 2.35. The zero-order valence-electron chi connectivity index (χ0n) is 10.1. The van der Waals surface area contributed by atoms with Crippen LogP contribution in [-0.4, -0.2) is 19.6 Å². The van der Waals surface area contributed by atoms with E-state index < -0.39 is 10.0 Å². The van der Waals surface area contributed by atoms with E-state index in [0.29, 0.717) is 16.0 Å². The highest BCUT2D eigenvalue weighted by Gasteiger charge is 2.39. The fraction of sp³-hybridized carbons (Fsp3) is 0.500. The van der Waals surface area contributed by atoms with Gasteiger partial charge in [0.1, 0.15) is 0 Å². The predicted octanol–water partition coefficient (Wildman–Crippen LogP) is 2.02. The summed E-state index contributed by atoms with van der Waals surface area (Å²) >= 11 is 3.24. The lowest BCUT2D eigenvalue weighted by atomic mass is 10.2. The molecular formula is C12H16BrNO3S. The molecule has 1 fully saturated rings. The molecular weight excluding hydrogens is 318 g/mol. The minimum atomic E-state index is -3.51. The van der Waals surface area contributed by atoms with Crippen LogP contribution in [0.5, 0.6) is 0 Å². The first kappa shape index (κ1) is 14.0. The Morgan fingerprint density at radius 2 is 2.22 bits per heavy atom. The van der Waals surface area contributed by atoms with E-state index in [0.717, 1.165) is 12.8 Å². The van der Waals surface area contributed by atoms with E-state index in [4.69, 9.17) is 5.11 Å². The number of aliphatic hydroxyl groups is 1. The summed E-state index contributed by atoms with van der Waals surface area (Å²) in [6.45, 7) is 1.89. The third kappa shape index (κ3) is 2.93. The Bertz CT molecular complexity index is 544. The van der Waals surface area contributed by atoms with Crippen molar-refractivity contribution >= 4 is 26.0 Å². The second-order valence-corrected chi connectivity index (χ2v) is 7.09. The SMILES string of the molecule is CCC1CC1NS(=O)(=O)c1cc(CO)ccc1Br. The van der Waals surface area contributed by atoms with E-state index in [1.165, 1.54) is 6.07 Å². The minimum absolute atomic E-state index is 0.0599. The lowest BCUT2D eigenvalue weighted by Gasteiger charge is -2.09. The number of hydrogen-bond acceptors (Lipinski definition) is 3. The number of sulfonamides is 1. The molecule has 1 aliphatic carbocycles. The van der Waals surface area contributed by atoms with Gasteiger partial charge in [-0.15, -0.1) is 0 Å². The molecule has 0 heterocycles. The van der Waals surface area contributed by atoms with Gasteiger partial charge in [0, 0.05) is 10.5 Å². The zero-order valence-corrected chi connectivity index (χ0v) is 12.5. The largest absolute Gasteiger partial charge is 0.392 e. The molecule has 0 aliphatic heterocycles. The average molecular weight is 334 g/mol. The molecule has 2 atom stereocenters. The van der Waals surface area contributed by atoms with Crippen molar-refractivity contribution in [3.8, 4) is 0 Å². The van der Waals surface area contributed by atoms with Crippen LogP contribution in [0.2, 0.25) is 0 Å². The van der Waals surface area contributed by atoms with Gasteiger partial charge in [-0.2, -0.15) is 0 Å². The van der Waals surface area contributed by atoms with Crippen molar-refractivity contribution in [2.75, 3.05) is 0 Å². The van der Waals surface area contributed by atoms with Gasteiger partial charge in [-0.3, -0.25) is 0 Å². The maximum atomic E-state index is 12.2. The molecule has 0 spiro atoms. The number of nitrogens with one attached hydrogen (secondary N) is 1. The van der Waals surface area contributed by atoms with Gasteiger partial charge in [0.05, 0.1) is 11.5 Å². The molecule has 2 rings (SSSR count). The van der Waals surface area contributed by atoms with Crippen molar-refractivity contribution in [3.63, 3.8) is 0 Å². The van der Waals surface area contributed by atoms with Crippen molar-refractivity contribution in [1.82, 2.24) is 4.72 Å². The quantitative estimate of drug-likeness (QED) is 0.866. The number of aliphatic hydroxyl groups excluding tert-OH is 1. The predicted molar refractivity (Wildman–Crippen MR) is 72.6 cm³/mol. The number of hydrogen-bond donors (Lipinski definition) is 2. The Hall–Kier alpha value is -0.430. The monoisotopic (exact) mass is 333 g/mol. The van der Waals surface area contributed by atoms with E-state index in [1.807, 2.05) is 0 Å². The number of halogens is 1. The smallest absolute Gasteiger partial charge is 0.241 e. The standard InChI is InChI=1S/C12H16BrNO3S/c1-2-9-6-11(9)14-18(16,17)12-5-8(7-15)3-4-10(12)13/h3-5,9,11,14-15H,2,6-7H2,1H3. The van der Waals surface area contributed by atoms with Gasteiger partial charge in [0.2, 0.25) is 10.0 Å². The zero-order chi connectivity index (χ0) is 13.3. The van der Waals surface area contributed by atoms with E-state index in [1.54, 1.807) is 12.1 Å². The van der Waals surface area contributed by atoms with Crippen LogP contribution in [-0.2, 0) is 16.6 Å². The molecule has 0 amide bonds. The van der Waals surface area contributed by atoms with E-state index in [9.17, 15) is 8.42 Å². The summed E-state index contributed by atoms with van der Waals surface area (Å²) in [7, 11) is -3.51. The Morgan fingerprint density at radius 3 is 2.78 bits per heavy atom. The first-order valence-corrected chi connectivity index (χ1v) is 8.17. The van der Waals surface area contributed by atoms with Crippen LogP contribution in [0.1, 0.15) is 25.3 Å². The highest BCUT2D eigenvalue weighted by atomic mass is 79.9. The van der Waals surface area contributed by atoms with E-state index in [-0.39, 0.29) is 17.5 Å². The summed E-state index contributed by atoms with van der Waals surface area (Å²) in [5.74, 6) is 0.458. The maximum absolute atomic E-state index is 12.2. The molecule has 0 radical (unpaired) electrons. The van der Waals surface area contributed by atoms with Gasteiger partial charge in [0.15, 0.2) is 0 Å². The Morgan fingerprint density at radius 1 is 1.50 bits per heavy atom. The van der Waals surface area contributed by atoms with Crippen LogP contribution in [0.3, 0.4) is 0 Å². The third-order valence-electron chi connectivity index (χ3n) is 3.22. The molecule has 4 nitrogen and oxygen atoms in total. The first-order valence-electron chi connectivity index (χ1n) is 5.89. The lowest BCUT2D eigenvalue weighted by molar-refractivity contribution is 0.281. The summed E-state index contributed by atoms with van der Waals surface area (Å²) in [6, 6.07) is 4.89. The first-order chi connectivity index (χ1) is 8.47. The molecule has 18 heavy (non-hydrogen) atoms. The molecule has 6 heteroatoms. The molecule has 2 unspecified atom stereocenters. The van der Waals surface area contributed by atoms with Crippen molar-refractivity contribution < 1.29 is 13.5 Å². The van der Waals surface area contributed by atoms with Crippen LogP contribution in [0, 0.1) is 5.92 Å². The Kier molecular flexibility index (Phi) is 4.11. The lowest BCUT2D eigenvalue weighted by Crippen LogP contribution is -2.27. The van der Waals surface area contributed by atoms with E-state index >= 15 is 0 Å². The van der Waals surface area contributed by atoms with Gasteiger partial charge in [-0.25, -0.2) is 13.1 Å². The molecule has 1 aromatic rings. The molecule has 0 aromatic heterocycles. The summed E-state index contributed by atoms with van der Waals surface area (Å²) in [5.41, 5.74) is 0.585. The summed E-state index contributed by atoms with van der Waals surface area (Å²) < 4.78 is 27.6. The summed E-state index contributed by atoms with van der Waals surface area (Å²) in [5, 5.41) is 9.06. The van der Waals surface area contributed by atoms with Crippen LogP contribution < -0.4 is 4.72 Å². The molecule has 1 saturated carbocycles. The van der Waals surface area contributed by atoms with Crippen LogP contribution in [0.4, 0.5) is 0 Å². The van der Waals surface area contributed by atoms with Crippen LogP contribution in [0.15, 0.2) is 27.6 Å². The second kappa shape index (κ2) is 5.28. The second-order valence-electron chi connectivity index (χ2n) is 4.55. The Labute approximate surface area is 116 Å². The van der Waals surface area contributed by atoms with Crippen molar-refractivity contribution in [1.29, 1.82) is 0 Å². The van der Waals surface area contributed by atoms with Gasteiger partial charge in [0.25, 0.3) is 0 Å². The minimum Gasteiger partial charge on any atom is -0.392 e.